The molecule has 0 unspecified atom stereocenters. The van der Waals surface area contributed by atoms with E-state index >= 15 is 0 Å². The summed E-state index contributed by atoms with van der Waals surface area (Å²) in [4.78, 5) is 0. The van der Waals surface area contributed by atoms with E-state index in [0.29, 0.717) is 11.5 Å². The maximum absolute atomic E-state index is 4.93. The molecule has 0 amide bonds. The minimum Gasteiger partial charge on any atom is -0.285 e. The van der Waals surface area contributed by atoms with Gasteiger partial charge >= 0.3 is 0 Å². The van der Waals surface area contributed by atoms with Crippen LogP contribution in [0.5, 0.6) is 0 Å². The maximum Gasteiger partial charge on any atom is 0.0912 e. The topological polar surface area (TPSA) is 15.4 Å². The first-order chi connectivity index (χ1) is 11.6. The minimum absolute atomic E-state index is 0.310. The summed E-state index contributed by atoms with van der Waals surface area (Å²) in [5, 5.41) is 7.18. The summed E-state index contributed by atoms with van der Waals surface area (Å²) < 4.78 is 0. The van der Waals surface area contributed by atoms with Gasteiger partial charge in [0.1, 0.15) is 0 Å². The molecule has 1 atom stereocenters. The highest BCUT2D eigenvalue weighted by molar-refractivity contribution is 5.85. The fraction of sp³-hybridized carbons (Fsp3) is 0.409. The second kappa shape index (κ2) is 6.08. The molecule has 1 saturated heterocycles. The number of nitrogens with zero attached hydrogens (tertiary/aromatic N) is 2. The Morgan fingerprint density at radius 2 is 1.62 bits per heavy atom. The predicted octanol–water partition coefficient (Wildman–Crippen LogP) is 5.24. The second-order valence-corrected chi connectivity index (χ2v) is 7.64. The van der Waals surface area contributed by atoms with E-state index in [0.717, 1.165) is 19.4 Å². The zero-order valence-corrected chi connectivity index (χ0v) is 14.7. The van der Waals surface area contributed by atoms with Crippen LogP contribution in [0, 0.1) is 6.92 Å². The highest BCUT2D eigenvalue weighted by Crippen LogP contribution is 2.40. The lowest BCUT2D eigenvalue weighted by atomic mass is 9.70. The van der Waals surface area contributed by atoms with Crippen LogP contribution in [0.25, 0.3) is 0 Å². The Kier molecular flexibility index (Phi) is 3.91. The summed E-state index contributed by atoms with van der Waals surface area (Å²) in [5.41, 5.74) is 5.92. The van der Waals surface area contributed by atoms with Crippen molar-refractivity contribution < 1.29 is 0 Å². The molecule has 124 valence electrons. The van der Waals surface area contributed by atoms with Crippen LogP contribution < -0.4 is 0 Å². The number of benzene rings is 2. The molecule has 0 aromatic heterocycles. The molecule has 0 bridgehead atoms. The van der Waals surface area contributed by atoms with Gasteiger partial charge in [0.15, 0.2) is 0 Å². The third kappa shape index (κ3) is 3.10. The summed E-state index contributed by atoms with van der Waals surface area (Å²) in [6.07, 6.45) is 4.67. The summed E-state index contributed by atoms with van der Waals surface area (Å²) in [7, 11) is 0. The fourth-order valence-corrected chi connectivity index (χ4v) is 3.81. The van der Waals surface area contributed by atoms with Gasteiger partial charge in [0.25, 0.3) is 0 Å². The van der Waals surface area contributed by atoms with Gasteiger partial charge in [-0.25, -0.2) is 0 Å². The molecule has 2 aromatic rings. The van der Waals surface area contributed by atoms with Crippen LogP contribution in [-0.4, -0.2) is 17.3 Å². The molecule has 1 saturated carbocycles. The first-order valence-corrected chi connectivity index (χ1v) is 9.09. The SMILES string of the molecule is Cc1ccc(C2(C)CCC(=NN3C[C@H]3c3ccccc3)CC2)cc1. The number of hydrogen-bond donors (Lipinski definition) is 0. The molecule has 4 rings (SSSR count). The van der Waals surface area contributed by atoms with Crippen molar-refractivity contribution in [1.82, 2.24) is 5.01 Å². The van der Waals surface area contributed by atoms with Crippen molar-refractivity contribution in [1.29, 1.82) is 0 Å². The largest absolute Gasteiger partial charge is 0.285 e. The average Bonchev–Trinajstić information content (AvgIpc) is 3.38. The van der Waals surface area contributed by atoms with Crippen LogP contribution in [0.2, 0.25) is 0 Å². The first kappa shape index (κ1) is 15.4. The molecule has 2 aromatic carbocycles. The van der Waals surface area contributed by atoms with Crippen LogP contribution in [0.1, 0.15) is 55.3 Å². The van der Waals surface area contributed by atoms with E-state index in [4.69, 9.17) is 5.10 Å². The van der Waals surface area contributed by atoms with Crippen molar-refractivity contribution in [2.75, 3.05) is 6.54 Å². The summed E-state index contributed by atoms with van der Waals surface area (Å²) >= 11 is 0. The fourth-order valence-electron chi connectivity index (χ4n) is 3.81. The lowest BCUT2D eigenvalue weighted by Gasteiger charge is -2.35. The van der Waals surface area contributed by atoms with Crippen LogP contribution in [0.15, 0.2) is 59.7 Å². The van der Waals surface area contributed by atoms with Crippen LogP contribution in [0.3, 0.4) is 0 Å². The Morgan fingerprint density at radius 3 is 2.29 bits per heavy atom. The highest BCUT2D eigenvalue weighted by atomic mass is 15.6. The van der Waals surface area contributed by atoms with Crippen LogP contribution >= 0.6 is 0 Å². The van der Waals surface area contributed by atoms with E-state index in [1.807, 2.05) is 0 Å². The molecule has 2 nitrogen and oxygen atoms in total. The van der Waals surface area contributed by atoms with Gasteiger partial charge < -0.3 is 0 Å². The minimum atomic E-state index is 0.310. The molecule has 1 aliphatic heterocycles. The van der Waals surface area contributed by atoms with E-state index in [9.17, 15) is 0 Å². The smallest absolute Gasteiger partial charge is 0.0912 e. The molecule has 0 N–H and O–H groups in total. The molecule has 2 fully saturated rings. The second-order valence-electron chi connectivity index (χ2n) is 7.64. The van der Waals surface area contributed by atoms with Gasteiger partial charge in [-0.2, -0.15) is 5.10 Å². The highest BCUT2D eigenvalue weighted by Gasteiger charge is 2.36. The van der Waals surface area contributed by atoms with Crippen molar-refractivity contribution in [3.05, 3.63) is 71.3 Å². The Balaban J connectivity index is 1.39. The quantitative estimate of drug-likeness (QED) is 0.707. The Hall–Kier alpha value is -2.09. The van der Waals surface area contributed by atoms with Gasteiger partial charge in [-0.3, -0.25) is 5.01 Å². The van der Waals surface area contributed by atoms with Gasteiger partial charge in [-0.15, -0.1) is 0 Å². The standard InChI is InChI=1S/C22H26N2/c1-17-8-10-19(11-9-17)22(2)14-12-20(13-15-22)23-24-16-21(24)18-6-4-3-5-7-18/h3-11,21H,12-16H2,1-2H3/t21-,22?,24?/m0/s1. The van der Waals surface area contributed by atoms with Crippen molar-refractivity contribution in [3.8, 4) is 0 Å². The van der Waals surface area contributed by atoms with Crippen molar-refractivity contribution >= 4 is 5.71 Å². The van der Waals surface area contributed by atoms with Gasteiger partial charge in [0.05, 0.1) is 12.6 Å². The normalized spacial score (nSPS) is 26.3. The number of rotatable bonds is 3. The van der Waals surface area contributed by atoms with E-state index < -0.39 is 0 Å². The monoisotopic (exact) mass is 318 g/mol. The Morgan fingerprint density at radius 1 is 0.958 bits per heavy atom. The zero-order chi connectivity index (χ0) is 16.6. The molecule has 24 heavy (non-hydrogen) atoms. The van der Waals surface area contributed by atoms with E-state index in [2.05, 4.69) is 73.5 Å². The molecule has 1 heterocycles. The Bertz CT molecular complexity index is 720. The van der Waals surface area contributed by atoms with Crippen LogP contribution in [-0.2, 0) is 5.41 Å². The molecule has 0 radical (unpaired) electrons. The molecule has 2 heteroatoms. The molecule has 0 spiro atoms. The number of aryl methyl sites for hydroxylation is 1. The first-order valence-electron chi connectivity index (χ1n) is 9.09. The lowest BCUT2D eigenvalue weighted by Crippen LogP contribution is -2.29. The van der Waals surface area contributed by atoms with Gasteiger partial charge in [0, 0.05) is 5.71 Å². The van der Waals surface area contributed by atoms with Gasteiger partial charge in [-0.1, -0.05) is 67.1 Å². The summed E-state index contributed by atoms with van der Waals surface area (Å²) in [6, 6.07) is 20.3. The number of hydrazone groups is 1. The van der Waals surface area contributed by atoms with E-state index in [-0.39, 0.29) is 0 Å². The van der Waals surface area contributed by atoms with E-state index in [1.165, 1.54) is 35.2 Å². The predicted molar refractivity (Wildman–Crippen MR) is 100 cm³/mol. The maximum atomic E-state index is 4.93. The van der Waals surface area contributed by atoms with Crippen molar-refractivity contribution in [2.45, 2.75) is 51.0 Å². The summed E-state index contributed by atoms with van der Waals surface area (Å²) in [5.74, 6) is 0. The van der Waals surface area contributed by atoms with Crippen molar-refractivity contribution in [2.24, 2.45) is 5.10 Å². The molecule has 1 aliphatic carbocycles. The van der Waals surface area contributed by atoms with Gasteiger partial charge in [-0.05, 0) is 49.1 Å². The Labute approximate surface area is 145 Å². The van der Waals surface area contributed by atoms with Crippen LogP contribution in [0.4, 0.5) is 0 Å². The van der Waals surface area contributed by atoms with Crippen molar-refractivity contribution in [3.63, 3.8) is 0 Å². The third-order valence-corrected chi connectivity index (χ3v) is 5.72. The summed E-state index contributed by atoms with van der Waals surface area (Å²) in [6.45, 7) is 5.65. The third-order valence-electron chi connectivity index (χ3n) is 5.72. The van der Waals surface area contributed by atoms with E-state index in [1.54, 1.807) is 0 Å². The molecule has 2 aliphatic rings. The van der Waals surface area contributed by atoms with Gasteiger partial charge in [0.2, 0.25) is 0 Å². The molecular weight excluding hydrogens is 292 g/mol. The number of hydrogen-bond acceptors (Lipinski definition) is 2. The lowest BCUT2D eigenvalue weighted by molar-refractivity contribution is 0.388. The zero-order valence-electron chi connectivity index (χ0n) is 14.7. The average molecular weight is 318 g/mol. The molecular formula is C22H26N2.